The maximum Gasteiger partial charge on any atom is 0.337 e. The second kappa shape index (κ2) is 11.6. The monoisotopic (exact) mass is 508 g/mol. The summed E-state index contributed by atoms with van der Waals surface area (Å²) in [5.41, 5.74) is 3.00. The Hall–Kier alpha value is -2.29. The van der Waals surface area contributed by atoms with Crippen molar-refractivity contribution in [2.45, 2.75) is 18.9 Å². The van der Waals surface area contributed by atoms with E-state index in [9.17, 15) is 4.79 Å². The number of aliphatic imine (C=N–C) groups is 1. The first kappa shape index (κ1) is 23.0. The summed E-state index contributed by atoms with van der Waals surface area (Å²) in [5.74, 6) is 0.515. The fourth-order valence-corrected chi connectivity index (χ4v) is 3.39. The largest absolute Gasteiger partial charge is 0.465 e. The van der Waals surface area contributed by atoms with Crippen molar-refractivity contribution in [2.75, 3.05) is 38.7 Å². The van der Waals surface area contributed by atoms with E-state index in [-0.39, 0.29) is 29.9 Å². The van der Waals surface area contributed by atoms with E-state index in [0.717, 1.165) is 44.0 Å². The van der Waals surface area contributed by atoms with Crippen molar-refractivity contribution < 1.29 is 9.53 Å². The molecule has 0 bridgehead atoms. The molecule has 1 saturated heterocycles. The van der Waals surface area contributed by atoms with Gasteiger partial charge in [0.1, 0.15) is 0 Å². The summed E-state index contributed by atoms with van der Waals surface area (Å²) in [4.78, 5) is 18.2. The van der Waals surface area contributed by atoms with E-state index in [0.29, 0.717) is 11.6 Å². The Labute approximate surface area is 189 Å². The third-order valence-electron chi connectivity index (χ3n) is 4.96. The van der Waals surface area contributed by atoms with E-state index >= 15 is 0 Å². The van der Waals surface area contributed by atoms with E-state index in [1.54, 1.807) is 19.2 Å². The molecule has 0 spiro atoms. The van der Waals surface area contributed by atoms with Crippen LogP contribution in [0, 0.1) is 0 Å². The van der Waals surface area contributed by atoms with Crippen LogP contribution in [0.1, 0.15) is 22.3 Å². The van der Waals surface area contributed by atoms with Gasteiger partial charge < -0.3 is 20.3 Å². The first-order valence-electron chi connectivity index (χ1n) is 9.64. The van der Waals surface area contributed by atoms with Gasteiger partial charge in [0, 0.05) is 38.4 Å². The molecule has 1 fully saturated rings. The van der Waals surface area contributed by atoms with Crippen LogP contribution in [0.15, 0.2) is 59.6 Å². The quantitative estimate of drug-likeness (QED) is 0.272. The second-order valence-electron chi connectivity index (χ2n) is 6.85. The van der Waals surface area contributed by atoms with Gasteiger partial charge in [-0.2, -0.15) is 0 Å². The summed E-state index contributed by atoms with van der Waals surface area (Å²) in [5, 5.41) is 6.90. The van der Waals surface area contributed by atoms with Gasteiger partial charge in [0.2, 0.25) is 0 Å². The molecule has 0 amide bonds. The first-order chi connectivity index (χ1) is 13.7. The van der Waals surface area contributed by atoms with Crippen LogP contribution in [0.2, 0.25) is 0 Å². The highest BCUT2D eigenvalue weighted by molar-refractivity contribution is 14.0. The lowest BCUT2D eigenvalue weighted by Crippen LogP contribution is -2.45. The topological polar surface area (TPSA) is 66.0 Å². The van der Waals surface area contributed by atoms with Crippen LogP contribution in [-0.2, 0) is 11.2 Å². The third-order valence-corrected chi connectivity index (χ3v) is 4.96. The number of methoxy groups -OCH3 is 1. The average molecular weight is 508 g/mol. The minimum atomic E-state index is -0.310. The number of carbonyl (C=O) groups is 1. The summed E-state index contributed by atoms with van der Waals surface area (Å²) in [6, 6.07) is 18.4. The number of nitrogens with zero attached hydrogens (tertiary/aromatic N) is 2. The number of hydrogen-bond donors (Lipinski definition) is 2. The highest BCUT2D eigenvalue weighted by atomic mass is 127. The second-order valence-corrected chi connectivity index (χ2v) is 6.85. The molecule has 2 aromatic carbocycles. The molecule has 1 heterocycles. The lowest BCUT2D eigenvalue weighted by atomic mass is 10.1. The van der Waals surface area contributed by atoms with Crippen LogP contribution in [0.5, 0.6) is 0 Å². The average Bonchev–Trinajstić information content (AvgIpc) is 3.22. The standard InChI is InChI=1S/C22H28N4O2.HI/c1-23-22(24-14-12-17-8-10-18(11-9-17)21(27)28-2)25-19-13-15-26(16-19)20-6-4-3-5-7-20;/h3-11,19H,12-16H2,1-2H3,(H2,23,24,25);1H. The maximum absolute atomic E-state index is 11.5. The number of ether oxygens (including phenoxy) is 1. The first-order valence-corrected chi connectivity index (χ1v) is 9.64. The van der Waals surface area contributed by atoms with Gasteiger partial charge in [-0.05, 0) is 42.7 Å². The van der Waals surface area contributed by atoms with E-state index < -0.39 is 0 Å². The predicted octanol–water partition coefficient (Wildman–Crippen LogP) is 3.08. The van der Waals surface area contributed by atoms with Gasteiger partial charge in [0.05, 0.1) is 12.7 Å². The van der Waals surface area contributed by atoms with Crippen molar-refractivity contribution in [3.63, 3.8) is 0 Å². The van der Waals surface area contributed by atoms with Crippen LogP contribution in [0.25, 0.3) is 0 Å². The van der Waals surface area contributed by atoms with Gasteiger partial charge in [-0.15, -0.1) is 24.0 Å². The Bertz CT molecular complexity index is 796. The Balaban J connectivity index is 0.00000300. The molecule has 3 rings (SSSR count). The number of guanidine groups is 1. The number of carbonyl (C=O) groups excluding carboxylic acids is 1. The summed E-state index contributed by atoms with van der Waals surface area (Å²) < 4.78 is 4.72. The zero-order valence-electron chi connectivity index (χ0n) is 16.9. The maximum atomic E-state index is 11.5. The van der Waals surface area contributed by atoms with Gasteiger partial charge in [-0.3, -0.25) is 4.99 Å². The Morgan fingerprint density at radius 2 is 1.90 bits per heavy atom. The number of hydrogen-bond acceptors (Lipinski definition) is 4. The van der Waals surface area contributed by atoms with Gasteiger partial charge in [0.25, 0.3) is 0 Å². The number of nitrogens with one attached hydrogen (secondary N) is 2. The molecular weight excluding hydrogens is 479 g/mol. The lowest BCUT2D eigenvalue weighted by molar-refractivity contribution is 0.0600. The smallest absolute Gasteiger partial charge is 0.337 e. The third kappa shape index (κ3) is 6.62. The summed E-state index contributed by atoms with van der Waals surface area (Å²) in [6.45, 7) is 2.79. The molecule has 29 heavy (non-hydrogen) atoms. The van der Waals surface area contributed by atoms with E-state index in [4.69, 9.17) is 4.74 Å². The molecule has 2 N–H and O–H groups in total. The minimum Gasteiger partial charge on any atom is -0.465 e. The van der Waals surface area contributed by atoms with Crippen molar-refractivity contribution in [2.24, 2.45) is 4.99 Å². The molecule has 0 aliphatic carbocycles. The van der Waals surface area contributed by atoms with Gasteiger partial charge in [0.15, 0.2) is 5.96 Å². The van der Waals surface area contributed by atoms with E-state index in [1.165, 1.54) is 12.8 Å². The normalized spacial score (nSPS) is 16.1. The number of para-hydroxylation sites is 1. The van der Waals surface area contributed by atoms with E-state index in [1.807, 2.05) is 18.2 Å². The molecule has 6 nitrogen and oxygen atoms in total. The zero-order chi connectivity index (χ0) is 19.8. The fraction of sp³-hybridized carbons (Fsp3) is 0.364. The van der Waals surface area contributed by atoms with Crippen molar-refractivity contribution in [1.29, 1.82) is 0 Å². The highest BCUT2D eigenvalue weighted by Crippen LogP contribution is 2.19. The molecule has 2 aromatic rings. The molecule has 0 radical (unpaired) electrons. The SMILES string of the molecule is CN=C(NCCc1ccc(C(=O)OC)cc1)NC1CCN(c2ccccc2)C1.I. The predicted molar refractivity (Wildman–Crippen MR) is 128 cm³/mol. The Kier molecular flexibility index (Phi) is 9.24. The molecule has 1 aliphatic heterocycles. The summed E-state index contributed by atoms with van der Waals surface area (Å²) in [6.07, 6.45) is 1.94. The number of anilines is 1. The van der Waals surface area contributed by atoms with Crippen LogP contribution >= 0.6 is 24.0 Å². The Morgan fingerprint density at radius 3 is 2.55 bits per heavy atom. The number of esters is 1. The fourth-order valence-electron chi connectivity index (χ4n) is 3.39. The van der Waals surface area contributed by atoms with Crippen LogP contribution in [0.4, 0.5) is 5.69 Å². The summed E-state index contributed by atoms with van der Waals surface area (Å²) >= 11 is 0. The van der Waals surface area contributed by atoms with E-state index in [2.05, 4.69) is 44.8 Å². The van der Waals surface area contributed by atoms with Gasteiger partial charge in [-0.25, -0.2) is 4.79 Å². The number of rotatable bonds is 6. The van der Waals surface area contributed by atoms with Crippen molar-refractivity contribution in [3.8, 4) is 0 Å². The van der Waals surface area contributed by atoms with Gasteiger partial charge in [-0.1, -0.05) is 30.3 Å². The molecule has 1 aliphatic rings. The Morgan fingerprint density at radius 1 is 1.17 bits per heavy atom. The molecule has 1 atom stereocenters. The van der Waals surface area contributed by atoms with Crippen molar-refractivity contribution >= 4 is 41.6 Å². The highest BCUT2D eigenvalue weighted by Gasteiger charge is 2.23. The lowest BCUT2D eigenvalue weighted by Gasteiger charge is -2.20. The van der Waals surface area contributed by atoms with Crippen LogP contribution in [-0.4, -0.2) is 51.8 Å². The molecule has 0 saturated carbocycles. The van der Waals surface area contributed by atoms with Gasteiger partial charge >= 0.3 is 5.97 Å². The molecule has 0 aromatic heterocycles. The zero-order valence-corrected chi connectivity index (χ0v) is 19.3. The van der Waals surface area contributed by atoms with Crippen molar-refractivity contribution in [1.82, 2.24) is 10.6 Å². The molecule has 156 valence electrons. The molecule has 7 heteroatoms. The van der Waals surface area contributed by atoms with Crippen LogP contribution < -0.4 is 15.5 Å². The minimum absolute atomic E-state index is 0. The molecule has 1 unspecified atom stereocenters. The summed E-state index contributed by atoms with van der Waals surface area (Å²) in [7, 11) is 3.19. The van der Waals surface area contributed by atoms with Crippen molar-refractivity contribution in [3.05, 3.63) is 65.7 Å². The number of benzene rings is 2. The molecular formula is C22H29IN4O2. The van der Waals surface area contributed by atoms with Crippen LogP contribution in [0.3, 0.4) is 0 Å². The number of halogens is 1.